The van der Waals surface area contributed by atoms with E-state index in [1.807, 2.05) is 34.9 Å². The average Bonchev–Trinajstić information content (AvgIpc) is 3.24. The standard InChI is InChI=1S/C22H18Br2N2O4S/c1-14-6-18(25-30-14)10-19(27)13-31(28,29)22-12-26(21-5-3-2-4-20(21)22)11-15-7-16(23)9-17(24)8-15/h2-9,12H,10-11,13H2,1H3. The summed E-state index contributed by atoms with van der Waals surface area (Å²) in [6.07, 6.45) is 1.53. The van der Waals surface area contributed by atoms with Crippen LogP contribution in [-0.2, 0) is 27.6 Å². The minimum Gasteiger partial charge on any atom is -0.361 e. The van der Waals surface area contributed by atoms with Gasteiger partial charge >= 0.3 is 0 Å². The lowest BCUT2D eigenvalue weighted by Gasteiger charge is -2.07. The van der Waals surface area contributed by atoms with E-state index in [1.54, 1.807) is 31.3 Å². The van der Waals surface area contributed by atoms with Gasteiger partial charge in [0, 0.05) is 38.7 Å². The van der Waals surface area contributed by atoms with Crippen LogP contribution >= 0.6 is 31.9 Å². The average molecular weight is 566 g/mol. The number of sulfone groups is 1. The molecular formula is C22H18Br2N2O4S. The monoisotopic (exact) mass is 564 g/mol. The summed E-state index contributed by atoms with van der Waals surface area (Å²) in [5.41, 5.74) is 2.22. The number of rotatable bonds is 7. The fraction of sp³-hybridized carbons (Fsp3) is 0.182. The van der Waals surface area contributed by atoms with Crippen LogP contribution in [0.4, 0.5) is 0 Å². The van der Waals surface area contributed by atoms with Crippen LogP contribution in [-0.4, -0.2) is 29.7 Å². The van der Waals surface area contributed by atoms with Crippen molar-refractivity contribution in [2.75, 3.05) is 5.75 Å². The second kappa shape index (κ2) is 8.72. The second-order valence-electron chi connectivity index (χ2n) is 7.32. The molecule has 0 aliphatic carbocycles. The first-order chi connectivity index (χ1) is 14.7. The summed E-state index contributed by atoms with van der Waals surface area (Å²) in [4.78, 5) is 12.6. The molecule has 0 radical (unpaired) electrons. The van der Waals surface area contributed by atoms with E-state index in [9.17, 15) is 13.2 Å². The lowest BCUT2D eigenvalue weighted by molar-refractivity contribution is -0.116. The molecule has 0 N–H and O–H groups in total. The molecule has 9 heteroatoms. The van der Waals surface area contributed by atoms with Crippen LogP contribution in [0, 0.1) is 6.92 Å². The van der Waals surface area contributed by atoms with Crippen molar-refractivity contribution in [1.29, 1.82) is 0 Å². The van der Waals surface area contributed by atoms with E-state index in [0.29, 0.717) is 23.4 Å². The normalized spacial score (nSPS) is 11.8. The number of para-hydroxylation sites is 1. The van der Waals surface area contributed by atoms with E-state index in [-0.39, 0.29) is 11.3 Å². The first-order valence-electron chi connectivity index (χ1n) is 9.41. The molecule has 2 aromatic carbocycles. The van der Waals surface area contributed by atoms with Gasteiger partial charge in [-0.3, -0.25) is 4.79 Å². The number of Topliss-reactive ketones (excluding diaryl/α,β-unsaturated/α-hetero) is 1. The fourth-order valence-corrected chi connectivity index (χ4v) is 6.40. The van der Waals surface area contributed by atoms with Gasteiger partial charge < -0.3 is 9.09 Å². The number of fused-ring (bicyclic) bond motifs is 1. The molecule has 4 rings (SSSR count). The molecule has 0 atom stereocenters. The molecule has 0 bridgehead atoms. The highest BCUT2D eigenvalue weighted by atomic mass is 79.9. The third kappa shape index (κ3) is 4.99. The van der Waals surface area contributed by atoms with Crippen molar-refractivity contribution in [3.8, 4) is 0 Å². The van der Waals surface area contributed by atoms with Gasteiger partial charge in [0.15, 0.2) is 15.6 Å². The Morgan fingerprint density at radius 3 is 2.48 bits per heavy atom. The number of hydrogen-bond donors (Lipinski definition) is 0. The molecule has 2 aromatic heterocycles. The van der Waals surface area contributed by atoms with E-state index >= 15 is 0 Å². The topological polar surface area (TPSA) is 82.2 Å². The smallest absolute Gasteiger partial charge is 0.187 e. The summed E-state index contributed by atoms with van der Waals surface area (Å²) in [5, 5.41) is 4.37. The number of ketones is 1. The molecule has 160 valence electrons. The zero-order chi connectivity index (χ0) is 22.2. The number of benzene rings is 2. The highest BCUT2D eigenvalue weighted by Gasteiger charge is 2.25. The molecule has 0 aliphatic rings. The van der Waals surface area contributed by atoms with Gasteiger partial charge in [-0.25, -0.2) is 8.42 Å². The van der Waals surface area contributed by atoms with Gasteiger partial charge in [0.05, 0.1) is 17.0 Å². The highest BCUT2D eigenvalue weighted by molar-refractivity contribution is 9.11. The van der Waals surface area contributed by atoms with Crippen molar-refractivity contribution in [1.82, 2.24) is 9.72 Å². The Morgan fingerprint density at radius 1 is 1.10 bits per heavy atom. The molecule has 6 nitrogen and oxygen atoms in total. The molecule has 4 aromatic rings. The molecule has 0 fully saturated rings. The van der Waals surface area contributed by atoms with Gasteiger partial charge in [-0.2, -0.15) is 0 Å². The Morgan fingerprint density at radius 2 is 1.81 bits per heavy atom. The highest BCUT2D eigenvalue weighted by Crippen LogP contribution is 2.28. The van der Waals surface area contributed by atoms with Crippen molar-refractivity contribution in [2.45, 2.75) is 24.8 Å². The van der Waals surface area contributed by atoms with E-state index in [0.717, 1.165) is 20.0 Å². The van der Waals surface area contributed by atoms with Crippen LogP contribution in [0.15, 0.2) is 73.1 Å². The number of carbonyl (C=O) groups excluding carboxylic acids is 1. The van der Waals surface area contributed by atoms with Gasteiger partial charge in [0.25, 0.3) is 0 Å². The number of hydrogen-bond acceptors (Lipinski definition) is 5. The van der Waals surface area contributed by atoms with Gasteiger partial charge in [-0.1, -0.05) is 55.2 Å². The molecular weight excluding hydrogens is 548 g/mol. The minimum absolute atomic E-state index is 0.0821. The summed E-state index contributed by atoms with van der Waals surface area (Å²) in [6.45, 7) is 2.20. The van der Waals surface area contributed by atoms with Crippen molar-refractivity contribution in [2.24, 2.45) is 0 Å². The first kappa shape index (κ1) is 22.0. The quantitative estimate of drug-likeness (QED) is 0.311. The molecule has 31 heavy (non-hydrogen) atoms. The Hall–Kier alpha value is -2.23. The second-order valence-corrected chi connectivity index (χ2v) is 11.1. The van der Waals surface area contributed by atoms with Crippen molar-refractivity contribution in [3.63, 3.8) is 0 Å². The SMILES string of the molecule is Cc1cc(CC(=O)CS(=O)(=O)c2cn(Cc3cc(Br)cc(Br)c3)c3ccccc23)no1. The van der Waals surface area contributed by atoms with Crippen LogP contribution in [0.1, 0.15) is 17.0 Å². The maximum Gasteiger partial charge on any atom is 0.187 e. The first-order valence-corrected chi connectivity index (χ1v) is 12.6. The third-order valence-electron chi connectivity index (χ3n) is 4.77. The maximum atomic E-state index is 13.1. The lowest BCUT2D eigenvalue weighted by Crippen LogP contribution is -2.18. The predicted molar refractivity (Wildman–Crippen MR) is 125 cm³/mol. The molecule has 0 aliphatic heterocycles. The van der Waals surface area contributed by atoms with E-state index in [4.69, 9.17) is 4.52 Å². The van der Waals surface area contributed by atoms with E-state index < -0.39 is 21.4 Å². The molecule has 0 unspecified atom stereocenters. The Kier molecular flexibility index (Phi) is 6.18. The van der Waals surface area contributed by atoms with Gasteiger partial charge in [0.1, 0.15) is 11.5 Å². The zero-order valence-corrected chi connectivity index (χ0v) is 20.5. The molecule has 0 saturated carbocycles. The Labute approximate surface area is 196 Å². The molecule has 2 heterocycles. The summed E-state index contributed by atoms with van der Waals surface area (Å²) >= 11 is 6.97. The summed E-state index contributed by atoms with van der Waals surface area (Å²) < 4.78 is 35.0. The predicted octanol–water partition coefficient (Wildman–Crippen LogP) is 5.10. The molecule has 0 spiro atoms. The van der Waals surface area contributed by atoms with Crippen molar-refractivity contribution in [3.05, 3.63) is 80.7 Å². The van der Waals surface area contributed by atoms with Crippen molar-refractivity contribution >= 4 is 58.4 Å². The Balaban J connectivity index is 1.66. The molecule has 0 saturated heterocycles. The summed E-state index contributed by atoms with van der Waals surface area (Å²) in [5.74, 6) is -0.441. The molecule has 0 amide bonds. The van der Waals surface area contributed by atoms with Gasteiger partial charge in [-0.05, 0) is 36.8 Å². The number of halogens is 2. The third-order valence-corrected chi connectivity index (χ3v) is 7.38. The number of carbonyl (C=O) groups is 1. The van der Waals surface area contributed by atoms with E-state index in [1.165, 1.54) is 0 Å². The van der Waals surface area contributed by atoms with Crippen LogP contribution in [0.3, 0.4) is 0 Å². The lowest BCUT2D eigenvalue weighted by atomic mass is 10.2. The van der Waals surface area contributed by atoms with Crippen LogP contribution < -0.4 is 0 Å². The fourth-order valence-electron chi connectivity index (χ4n) is 3.53. The number of aromatic nitrogens is 2. The summed E-state index contributed by atoms with van der Waals surface area (Å²) in [6, 6.07) is 14.8. The largest absolute Gasteiger partial charge is 0.361 e. The van der Waals surface area contributed by atoms with Crippen LogP contribution in [0.2, 0.25) is 0 Å². The van der Waals surface area contributed by atoms with Crippen molar-refractivity contribution < 1.29 is 17.7 Å². The van der Waals surface area contributed by atoms with Crippen LogP contribution in [0.5, 0.6) is 0 Å². The number of aryl methyl sites for hydroxylation is 1. The number of nitrogens with zero attached hydrogens (tertiary/aromatic N) is 2. The maximum absolute atomic E-state index is 13.1. The van der Waals surface area contributed by atoms with Crippen LogP contribution in [0.25, 0.3) is 10.9 Å². The van der Waals surface area contributed by atoms with Gasteiger partial charge in [0.2, 0.25) is 0 Å². The van der Waals surface area contributed by atoms with E-state index in [2.05, 4.69) is 37.0 Å². The minimum atomic E-state index is -3.83. The zero-order valence-electron chi connectivity index (χ0n) is 16.5. The Bertz CT molecular complexity index is 1370. The van der Waals surface area contributed by atoms with Gasteiger partial charge in [-0.15, -0.1) is 0 Å². The summed E-state index contributed by atoms with van der Waals surface area (Å²) in [7, 11) is -3.83.